The fraction of sp³-hybridized carbons (Fsp3) is 0.0741. The molecule has 0 aliphatic carbocycles. The predicted octanol–water partition coefficient (Wildman–Crippen LogP) is 4.76. The number of esters is 1. The van der Waals surface area contributed by atoms with E-state index in [0.29, 0.717) is 17.1 Å². The summed E-state index contributed by atoms with van der Waals surface area (Å²) in [7, 11) is 1.56. The van der Waals surface area contributed by atoms with Crippen LogP contribution in [-0.4, -0.2) is 25.2 Å². The highest BCUT2D eigenvalue weighted by atomic mass is 16.5. The van der Waals surface area contributed by atoms with Crippen LogP contribution < -0.4 is 14.9 Å². The van der Waals surface area contributed by atoms with Gasteiger partial charge in [-0.25, -0.2) is 10.2 Å². The lowest BCUT2D eigenvalue weighted by atomic mass is 10.0. The molecule has 4 aromatic carbocycles. The van der Waals surface area contributed by atoms with E-state index in [0.717, 1.165) is 21.9 Å². The number of hydrazone groups is 1. The zero-order chi connectivity index (χ0) is 23.0. The van der Waals surface area contributed by atoms with Gasteiger partial charge >= 0.3 is 5.97 Å². The van der Waals surface area contributed by atoms with Crippen molar-refractivity contribution in [2.75, 3.05) is 7.11 Å². The average molecular weight is 438 g/mol. The highest BCUT2D eigenvalue weighted by Crippen LogP contribution is 2.19. The van der Waals surface area contributed by atoms with Crippen molar-refractivity contribution in [2.24, 2.45) is 5.10 Å². The van der Waals surface area contributed by atoms with E-state index in [1.54, 1.807) is 55.6 Å². The second-order valence-corrected chi connectivity index (χ2v) is 7.30. The van der Waals surface area contributed by atoms with Crippen LogP contribution >= 0.6 is 0 Å². The lowest BCUT2D eigenvalue weighted by Crippen LogP contribution is -2.19. The van der Waals surface area contributed by atoms with Crippen molar-refractivity contribution in [1.82, 2.24) is 5.43 Å². The van der Waals surface area contributed by atoms with Crippen LogP contribution in [0.4, 0.5) is 0 Å². The number of nitrogens with one attached hydrogen (secondary N) is 1. The Morgan fingerprint density at radius 2 is 1.55 bits per heavy atom. The van der Waals surface area contributed by atoms with Gasteiger partial charge in [0.15, 0.2) is 0 Å². The third-order valence-corrected chi connectivity index (χ3v) is 5.05. The molecule has 4 aromatic rings. The van der Waals surface area contributed by atoms with Gasteiger partial charge in [0, 0.05) is 0 Å². The Bertz CT molecular complexity index is 1290. The lowest BCUT2D eigenvalue weighted by molar-refractivity contribution is -0.120. The maximum atomic E-state index is 12.3. The van der Waals surface area contributed by atoms with Crippen LogP contribution in [0, 0.1) is 0 Å². The van der Waals surface area contributed by atoms with E-state index in [1.807, 2.05) is 42.5 Å². The van der Waals surface area contributed by atoms with E-state index in [9.17, 15) is 9.59 Å². The second-order valence-electron chi connectivity index (χ2n) is 7.30. The number of carbonyl (C=O) groups excluding carboxylic acids is 2. The Labute approximate surface area is 191 Å². The van der Waals surface area contributed by atoms with Crippen molar-refractivity contribution in [3.8, 4) is 11.5 Å². The van der Waals surface area contributed by atoms with Gasteiger partial charge in [-0.1, -0.05) is 42.5 Å². The smallest absolute Gasteiger partial charge is 0.343 e. The second kappa shape index (κ2) is 10.2. The number of hydrogen-bond donors (Lipinski definition) is 1. The molecule has 0 saturated carbocycles. The van der Waals surface area contributed by atoms with E-state index >= 15 is 0 Å². The fourth-order valence-corrected chi connectivity index (χ4v) is 3.35. The summed E-state index contributed by atoms with van der Waals surface area (Å²) in [5.74, 6) is 0.416. The van der Waals surface area contributed by atoms with Crippen LogP contribution in [0.25, 0.3) is 10.8 Å². The van der Waals surface area contributed by atoms with Crippen LogP contribution in [0.3, 0.4) is 0 Å². The van der Waals surface area contributed by atoms with E-state index in [2.05, 4.69) is 10.5 Å². The molecule has 0 saturated heterocycles. The number of hydrogen-bond acceptors (Lipinski definition) is 5. The standard InChI is InChI=1S/C27H22N2O4/c1-32-23-15-11-21(12-16-23)27(31)33-24-13-9-19(10-14-24)18-28-29-26(30)17-22-7-4-6-20-5-2-3-8-25(20)22/h2-16,18H,17H2,1H3,(H,29,30)/b28-18-. The molecule has 1 N–H and O–H groups in total. The molecule has 0 spiro atoms. The zero-order valence-corrected chi connectivity index (χ0v) is 18.0. The molecule has 0 aliphatic rings. The first-order valence-corrected chi connectivity index (χ1v) is 10.4. The van der Waals surface area contributed by atoms with Gasteiger partial charge in [-0.15, -0.1) is 0 Å². The summed E-state index contributed by atoms with van der Waals surface area (Å²) in [6, 6.07) is 27.4. The van der Waals surface area contributed by atoms with Crippen molar-refractivity contribution in [2.45, 2.75) is 6.42 Å². The van der Waals surface area contributed by atoms with Crippen LogP contribution in [0.5, 0.6) is 11.5 Å². The molecule has 6 nitrogen and oxygen atoms in total. The van der Waals surface area contributed by atoms with Gasteiger partial charge in [0.1, 0.15) is 11.5 Å². The maximum Gasteiger partial charge on any atom is 0.343 e. The predicted molar refractivity (Wildman–Crippen MR) is 128 cm³/mol. The molecule has 164 valence electrons. The SMILES string of the molecule is COc1ccc(C(=O)Oc2ccc(/C=N\NC(=O)Cc3cccc4ccccc34)cc2)cc1. The van der Waals surface area contributed by atoms with Crippen molar-refractivity contribution in [3.63, 3.8) is 0 Å². The molecule has 0 unspecified atom stereocenters. The number of fused-ring (bicyclic) bond motifs is 1. The van der Waals surface area contributed by atoms with Crippen LogP contribution in [0.2, 0.25) is 0 Å². The minimum Gasteiger partial charge on any atom is -0.497 e. The van der Waals surface area contributed by atoms with Gasteiger partial charge in [0.2, 0.25) is 5.91 Å². The summed E-state index contributed by atoms with van der Waals surface area (Å²) in [5, 5.41) is 6.18. The quantitative estimate of drug-likeness (QED) is 0.195. The van der Waals surface area contributed by atoms with Gasteiger partial charge in [-0.3, -0.25) is 4.79 Å². The maximum absolute atomic E-state index is 12.3. The molecular formula is C27H22N2O4. The third kappa shape index (κ3) is 5.62. The van der Waals surface area contributed by atoms with Gasteiger partial charge < -0.3 is 9.47 Å². The Kier molecular flexibility index (Phi) is 6.75. The molecule has 0 aliphatic heterocycles. The average Bonchev–Trinajstić information content (AvgIpc) is 2.85. The molecule has 33 heavy (non-hydrogen) atoms. The summed E-state index contributed by atoms with van der Waals surface area (Å²) in [6.07, 6.45) is 1.77. The van der Waals surface area contributed by atoms with Crippen LogP contribution in [-0.2, 0) is 11.2 Å². The Hall–Kier alpha value is -4.45. The number of benzene rings is 4. The zero-order valence-electron chi connectivity index (χ0n) is 18.0. The Balaban J connectivity index is 1.31. The molecular weight excluding hydrogens is 416 g/mol. The first-order chi connectivity index (χ1) is 16.1. The summed E-state index contributed by atoms with van der Waals surface area (Å²) in [6.45, 7) is 0. The van der Waals surface area contributed by atoms with Crippen molar-refractivity contribution < 1.29 is 19.1 Å². The number of amides is 1. The summed E-state index contributed by atoms with van der Waals surface area (Å²) in [4.78, 5) is 24.5. The molecule has 4 rings (SSSR count). The van der Waals surface area contributed by atoms with Gasteiger partial charge in [-0.05, 0) is 70.4 Å². The molecule has 0 atom stereocenters. The van der Waals surface area contributed by atoms with E-state index < -0.39 is 5.97 Å². The van der Waals surface area contributed by atoms with E-state index in [4.69, 9.17) is 9.47 Å². The van der Waals surface area contributed by atoms with Crippen molar-refractivity contribution in [3.05, 3.63) is 108 Å². The van der Waals surface area contributed by atoms with Gasteiger partial charge in [-0.2, -0.15) is 5.10 Å². The van der Waals surface area contributed by atoms with E-state index in [1.165, 1.54) is 6.21 Å². The van der Waals surface area contributed by atoms with Crippen molar-refractivity contribution >= 4 is 28.9 Å². The minimum atomic E-state index is -0.459. The first kappa shape index (κ1) is 21.8. The summed E-state index contributed by atoms with van der Waals surface area (Å²) < 4.78 is 10.5. The number of methoxy groups -OCH3 is 1. The first-order valence-electron chi connectivity index (χ1n) is 10.4. The monoisotopic (exact) mass is 438 g/mol. The van der Waals surface area contributed by atoms with E-state index in [-0.39, 0.29) is 12.3 Å². The molecule has 1 amide bonds. The third-order valence-electron chi connectivity index (χ3n) is 5.05. The Morgan fingerprint density at radius 3 is 2.30 bits per heavy atom. The molecule has 0 heterocycles. The number of rotatable bonds is 7. The van der Waals surface area contributed by atoms with Gasteiger partial charge in [0.05, 0.1) is 25.3 Å². The topological polar surface area (TPSA) is 77.0 Å². The largest absolute Gasteiger partial charge is 0.497 e. The van der Waals surface area contributed by atoms with Crippen LogP contribution in [0.1, 0.15) is 21.5 Å². The number of carbonyl (C=O) groups is 2. The molecule has 0 fully saturated rings. The fourth-order valence-electron chi connectivity index (χ4n) is 3.35. The van der Waals surface area contributed by atoms with Crippen LogP contribution in [0.15, 0.2) is 96.1 Å². The molecule has 0 radical (unpaired) electrons. The lowest BCUT2D eigenvalue weighted by Gasteiger charge is -2.06. The highest BCUT2D eigenvalue weighted by Gasteiger charge is 2.09. The van der Waals surface area contributed by atoms with Gasteiger partial charge in [0.25, 0.3) is 0 Å². The minimum absolute atomic E-state index is 0.201. The number of nitrogens with zero attached hydrogens (tertiary/aromatic N) is 1. The highest BCUT2D eigenvalue weighted by molar-refractivity contribution is 5.92. The summed E-state index contributed by atoms with van der Waals surface area (Å²) in [5.41, 5.74) is 4.69. The Morgan fingerprint density at radius 1 is 0.848 bits per heavy atom. The normalized spacial score (nSPS) is 10.8. The number of ether oxygens (including phenoxy) is 2. The van der Waals surface area contributed by atoms with Crippen molar-refractivity contribution in [1.29, 1.82) is 0 Å². The molecule has 0 aromatic heterocycles. The molecule has 0 bridgehead atoms. The summed E-state index contributed by atoms with van der Waals surface area (Å²) >= 11 is 0. The molecule has 6 heteroatoms.